The van der Waals surface area contributed by atoms with Crippen LogP contribution in [0.15, 0.2) is 29.8 Å². The van der Waals surface area contributed by atoms with Gasteiger partial charge in [-0.15, -0.1) is 11.3 Å². The highest BCUT2D eigenvalue weighted by molar-refractivity contribution is 7.71. The van der Waals surface area contributed by atoms with Crippen molar-refractivity contribution in [1.82, 2.24) is 14.5 Å². The van der Waals surface area contributed by atoms with E-state index in [2.05, 4.69) is 9.97 Å². The maximum absolute atomic E-state index is 13.2. The van der Waals surface area contributed by atoms with Crippen LogP contribution >= 0.6 is 23.6 Å². The van der Waals surface area contributed by atoms with Crippen molar-refractivity contribution in [3.63, 3.8) is 0 Å². The molecule has 0 spiro atoms. The van der Waals surface area contributed by atoms with E-state index in [0.717, 1.165) is 16.0 Å². The fourth-order valence-corrected chi connectivity index (χ4v) is 2.63. The van der Waals surface area contributed by atoms with E-state index in [1.165, 1.54) is 12.1 Å². The van der Waals surface area contributed by atoms with Gasteiger partial charge in [0.25, 0.3) is 0 Å². The molecule has 3 aromatic rings. The van der Waals surface area contributed by atoms with Crippen LogP contribution in [-0.2, 0) is 6.54 Å². The van der Waals surface area contributed by atoms with Gasteiger partial charge in [0, 0.05) is 11.6 Å². The molecule has 0 aliphatic heterocycles. The van der Waals surface area contributed by atoms with Crippen LogP contribution in [0.4, 0.5) is 4.39 Å². The molecule has 0 fully saturated rings. The Morgan fingerprint density at radius 2 is 2.35 bits per heavy atom. The van der Waals surface area contributed by atoms with E-state index in [4.69, 9.17) is 12.2 Å². The molecule has 2 aromatic heterocycles. The summed E-state index contributed by atoms with van der Waals surface area (Å²) in [6.45, 7) is 0.569. The van der Waals surface area contributed by atoms with Crippen molar-refractivity contribution in [3.05, 3.63) is 45.4 Å². The van der Waals surface area contributed by atoms with Crippen LogP contribution in [0, 0.1) is 10.6 Å². The van der Waals surface area contributed by atoms with E-state index in [9.17, 15) is 4.39 Å². The maximum Gasteiger partial charge on any atom is 0.178 e. The summed E-state index contributed by atoms with van der Waals surface area (Å²) in [6.07, 6.45) is 1.75. The molecule has 3 nitrogen and oxygen atoms in total. The predicted octanol–water partition coefficient (Wildman–Crippen LogP) is 3.34. The lowest BCUT2D eigenvalue weighted by molar-refractivity contribution is 0.628. The zero-order valence-electron chi connectivity index (χ0n) is 8.68. The molecule has 86 valence electrons. The van der Waals surface area contributed by atoms with Crippen LogP contribution in [-0.4, -0.2) is 14.5 Å². The third-order valence-electron chi connectivity index (χ3n) is 2.51. The number of imidazole rings is 1. The second-order valence-corrected chi connectivity index (χ2v) is 4.97. The molecule has 0 radical (unpaired) electrons. The Bertz CT molecular complexity index is 712. The molecule has 0 atom stereocenters. The second-order valence-electron chi connectivity index (χ2n) is 3.60. The lowest BCUT2D eigenvalue weighted by atomic mass is 10.3. The molecule has 1 N–H and O–H groups in total. The summed E-state index contributed by atoms with van der Waals surface area (Å²) in [6, 6.07) is 4.59. The maximum atomic E-state index is 13.2. The standard InChI is InChI=1S/C11H8FN3S2/c12-7-1-2-8-9(5-7)15(11(16)14-8)6-10-13-3-4-17-10/h1-5H,6H2,(H,14,16). The largest absolute Gasteiger partial charge is 0.331 e. The van der Waals surface area contributed by atoms with Crippen molar-refractivity contribution in [3.8, 4) is 0 Å². The van der Waals surface area contributed by atoms with Crippen molar-refractivity contribution in [2.24, 2.45) is 0 Å². The van der Waals surface area contributed by atoms with Crippen LogP contribution in [0.1, 0.15) is 5.01 Å². The molecule has 0 aliphatic carbocycles. The molecule has 17 heavy (non-hydrogen) atoms. The van der Waals surface area contributed by atoms with Gasteiger partial charge in [0.15, 0.2) is 4.77 Å². The number of hydrogen-bond acceptors (Lipinski definition) is 3. The second kappa shape index (κ2) is 4.05. The SMILES string of the molecule is Fc1ccc2[nH]c(=S)n(Cc3nccs3)c2c1. The van der Waals surface area contributed by atoms with E-state index < -0.39 is 0 Å². The average molecular weight is 265 g/mol. The van der Waals surface area contributed by atoms with Gasteiger partial charge in [-0.3, -0.25) is 0 Å². The van der Waals surface area contributed by atoms with Crippen LogP contribution in [0.5, 0.6) is 0 Å². The first-order valence-corrected chi connectivity index (χ1v) is 6.29. The first-order valence-electron chi connectivity index (χ1n) is 5.00. The Labute approximate surface area is 106 Å². The lowest BCUT2D eigenvalue weighted by Crippen LogP contribution is -1.99. The van der Waals surface area contributed by atoms with Crippen molar-refractivity contribution >= 4 is 34.6 Å². The number of aromatic amines is 1. The van der Waals surface area contributed by atoms with Gasteiger partial charge < -0.3 is 9.55 Å². The zero-order valence-corrected chi connectivity index (χ0v) is 10.3. The number of rotatable bonds is 2. The lowest BCUT2D eigenvalue weighted by Gasteiger charge is -2.01. The minimum absolute atomic E-state index is 0.264. The highest BCUT2D eigenvalue weighted by atomic mass is 32.1. The third kappa shape index (κ3) is 1.89. The predicted molar refractivity (Wildman–Crippen MR) is 68.3 cm³/mol. The smallest absolute Gasteiger partial charge is 0.178 e. The van der Waals surface area contributed by atoms with Crippen LogP contribution < -0.4 is 0 Å². The first-order chi connectivity index (χ1) is 8.24. The molecular weight excluding hydrogens is 257 g/mol. The summed E-state index contributed by atoms with van der Waals surface area (Å²) in [5.41, 5.74) is 1.61. The molecule has 0 bridgehead atoms. The fourth-order valence-electron chi connectivity index (χ4n) is 1.75. The molecule has 0 unspecified atom stereocenters. The Kier molecular flexibility index (Phi) is 2.53. The molecule has 2 heterocycles. The number of H-pyrrole nitrogens is 1. The summed E-state index contributed by atoms with van der Waals surface area (Å²) < 4.78 is 15.7. The number of nitrogens with one attached hydrogen (secondary N) is 1. The van der Waals surface area contributed by atoms with E-state index in [0.29, 0.717) is 11.3 Å². The third-order valence-corrected chi connectivity index (χ3v) is 3.60. The van der Waals surface area contributed by atoms with Gasteiger partial charge in [0.05, 0.1) is 17.6 Å². The molecule has 0 aliphatic rings. The Morgan fingerprint density at radius 1 is 1.47 bits per heavy atom. The van der Waals surface area contributed by atoms with Gasteiger partial charge >= 0.3 is 0 Å². The summed E-state index contributed by atoms with van der Waals surface area (Å²) >= 11 is 6.79. The molecule has 1 aromatic carbocycles. The molecule has 0 saturated carbocycles. The number of nitrogens with zero attached hydrogens (tertiary/aromatic N) is 2. The summed E-state index contributed by atoms with van der Waals surface area (Å²) in [5.74, 6) is -0.264. The van der Waals surface area contributed by atoms with Gasteiger partial charge in [-0.1, -0.05) is 0 Å². The topological polar surface area (TPSA) is 33.6 Å². The van der Waals surface area contributed by atoms with E-state index in [-0.39, 0.29) is 5.82 Å². The number of thiazole rings is 1. The number of halogens is 1. The quantitative estimate of drug-likeness (QED) is 0.721. The normalized spacial score (nSPS) is 11.1. The van der Waals surface area contributed by atoms with Gasteiger partial charge in [-0.25, -0.2) is 9.37 Å². The number of fused-ring (bicyclic) bond motifs is 1. The number of aromatic nitrogens is 3. The summed E-state index contributed by atoms with van der Waals surface area (Å²) in [7, 11) is 0. The van der Waals surface area contributed by atoms with Crippen LogP contribution in [0.3, 0.4) is 0 Å². The molecule has 0 saturated heterocycles. The van der Waals surface area contributed by atoms with Gasteiger partial charge in [0.2, 0.25) is 0 Å². The van der Waals surface area contributed by atoms with Crippen molar-refractivity contribution in [1.29, 1.82) is 0 Å². The number of hydrogen-bond donors (Lipinski definition) is 1. The Hall–Kier alpha value is -1.53. The molecule has 0 amide bonds. The summed E-state index contributed by atoms with van der Waals surface area (Å²) in [4.78, 5) is 7.26. The Balaban J connectivity index is 2.17. The minimum Gasteiger partial charge on any atom is -0.331 e. The van der Waals surface area contributed by atoms with E-state index >= 15 is 0 Å². The van der Waals surface area contributed by atoms with Gasteiger partial charge in [-0.2, -0.15) is 0 Å². The van der Waals surface area contributed by atoms with Gasteiger partial charge in [-0.05, 0) is 30.4 Å². The Morgan fingerprint density at radius 3 is 3.12 bits per heavy atom. The average Bonchev–Trinajstić information content (AvgIpc) is 2.90. The fraction of sp³-hybridized carbons (Fsp3) is 0.0909. The molecule has 6 heteroatoms. The zero-order chi connectivity index (χ0) is 11.8. The van der Waals surface area contributed by atoms with Crippen molar-refractivity contribution in [2.75, 3.05) is 0 Å². The van der Waals surface area contributed by atoms with E-state index in [1.807, 2.05) is 9.95 Å². The number of benzene rings is 1. The first kappa shape index (κ1) is 10.6. The highest BCUT2D eigenvalue weighted by Gasteiger charge is 2.07. The van der Waals surface area contributed by atoms with Crippen molar-refractivity contribution < 1.29 is 4.39 Å². The van der Waals surface area contributed by atoms with E-state index in [1.54, 1.807) is 23.6 Å². The highest BCUT2D eigenvalue weighted by Crippen LogP contribution is 2.17. The monoisotopic (exact) mass is 265 g/mol. The molecular formula is C11H8FN3S2. The van der Waals surface area contributed by atoms with Crippen molar-refractivity contribution in [2.45, 2.75) is 6.54 Å². The molecule has 3 rings (SSSR count). The minimum atomic E-state index is -0.264. The van der Waals surface area contributed by atoms with Crippen LogP contribution in [0.25, 0.3) is 11.0 Å². The van der Waals surface area contributed by atoms with Gasteiger partial charge in [0.1, 0.15) is 10.8 Å². The summed E-state index contributed by atoms with van der Waals surface area (Å²) in [5, 5.41) is 2.86. The van der Waals surface area contributed by atoms with Crippen LogP contribution in [0.2, 0.25) is 0 Å².